The Labute approximate surface area is 138 Å². The van der Waals surface area contributed by atoms with Crippen LogP contribution in [0.5, 0.6) is 0 Å². The Morgan fingerprint density at radius 3 is 2.75 bits per heavy atom. The summed E-state index contributed by atoms with van der Waals surface area (Å²) in [6.45, 7) is 1.27. The number of aliphatic hydroxyl groups excluding tert-OH is 1. The second-order valence-corrected chi connectivity index (χ2v) is 5.48. The minimum Gasteiger partial charge on any atom is -0.454 e. The van der Waals surface area contributed by atoms with E-state index in [1.165, 1.54) is 0 Å². The van der Waals surface area contributed by atoms with Gasteiger partial charge in [-0.2, -0.15) is 0 Å². The largest absolute Gasteiger partial charge is 0.454 e. The molecule has 0 radical (unpaired) electrons. The van der Waals surface area contributed by atoms with Crippen molar-refractivity contribution in [2.24, 2.45) is 5.73 Å². The van der Waals surface area contributed by atoms with Crippen molar-refractivity contribution < 1.29 is 14.3 Å². The van der Waals surface area contributed by atoms with E-state index in [0.717, 1.165) is 22.0 Å². The molecule has 0 saturated carbocycles. The Morgan fingerprint density at radius 2 is 2.00 bits per heavy atom. The summed E-state index contributed by atoms with van der Waals surface area (Å²) in [6, 6.07) is 10.8. The summed E-state index contributed by atoms with van der Waals surface area (Å²) in [4.78, 5) is 12.8. The number of fused-ring (bicyclic) bond motifs is 3. The summed E-state index contributed by atoms with van der Waals surface area (Å²) < 4.78 is 5.89. The molecule has 1 aromatic heterocycles. The molecule has 7 nitrogen and oxygen atoms in total. The van der Waals surface area contributed by atoms with Crippen LogP contribution in [0.25, 0.3) is 21.9 Å². The van der Waals surface area contributed by atoms with E-state index in [1.54, 1.807) is 6.07 Å². The second-order valence-electron chi connectivity index (χ2n) is 5.48. The highest BCUT2D eigenvalue weighted by Gasteiger charge is 2.17. The van der Waals surface area contributed by atoms with Crippen molar-refractivity contribution in [2.45, 2.75) is 0 Å². The van der Waals surface area contributed by atoms with Crippen molar-refractivity contribution in [1.82, 2.24) is 5.32 Å². The van der Waals surface area contributed by atoms with Gasteiger partial charge in [-0.3, -0.25) is 0 Å². The number of carbonyl (C=O) groups is 1. The smallest absolute Gasteiger partial charge is 0.312 e. The minimum absolute atomic E-state index is 0.0156. The summed E-state index contributed by atoms with van der Waals surface area (Å²) in [6.07, 6.45) is 0. The van der Waals surface area contributed by atoms with E-state index in [9.17, 15) is 9.90 Å². The Morgan fingerprint density at radius 1 is 1.21 bits per heavy atom. The number of nitrogens with two attached hydrogens (primary N) is 2. The maximum absolute atomic E-state index is 10.9. The lowest BCUT2D eigenvalue weighted by molar-refractivity contribution is 0.249. The molecule has 0 aliphatic rings. The number of rotatable bonds is 6. The molecule has 2 amide bonds. The molecule has 1 heterocycles. The van der Waals surface area contributed by atoms with Gasteiger partial charge < -0.3 is 31.2 Å². The first kappa shape index (κ1) is 15.9. The second kappa shape index (κ2) is 6.67. The molecule has 2 aromatic carbocycles. The molecule has 0 unspecified atom stereocenters. The summed E-state index contributed by atoms with van der Waals surface area (Å²) in [7, 11) is 0. The molecule has 24 heavy (non-hydrogen) atoms. The van der Waals surface area contributed by atoms with Crippen LogP contribution in [0.15, 0.2) is 40.8 Å². The van der Waals surface area contributed by atoms with Gasteiger partial charge in [-0.25, -0.2) is 4.79 Å². The van der Waals surface area contributed by atoms with Crippen molar-refractivity contribution in [3.8, 4) is 0 Å². The van der Waals surface area contributed by atoms with Gasteiger partial charge in [0.15, 0.2) is 5.58 Å². The molecular weight excluding hydrogens is 308 g/mol. The predicted octanol–water partition coefficient (Wildman–Crippen LogP) is 1.64. The normalized spacial score (nSPS) is 11.0. The number of para-hydroxylation sites is 1. The maximum atomic E-state index is 10.9. The van der Waals surface area contributed by atoms with Crippen LogP contribution in [-0.4, -0.2) is 37.4 Å². The zero-order valence-electron chi connectivity index (χ0n) is 13.2. The maximum Gasteiger partial charge on any atom is 0.312 e. The molecule has 3 rings (SSSR count). The third-order valence-electron chi connectivity index (χ3n) is 3.93. The summed E-state index contributed by atoms with van der Waals surface area (Å²) in [5, 5.41) is 13.8. The van der Waals surface area contributed by atoms with Crippen LogP contribution in [0, 0.1) is 0 Å². The minimum atomic E-state index is -0.574. The fraction of sp³-hybridized carbons (Fsp3) is 0.235. The monoisotopic (exact) mass is 328 g/mol. The first-order valence-electron chi connectivity index (χ1n) is 7.70. The number of nitrogens with one attached hydrogen (secondary N) is 1. The third kappa shape index (κ3) is 2.93. The number of hydrogen-bond donors (Lipinski definition) is 4. The standard InChI is InChI=1S/C17H20N4O3/c18-12-5-6-13(21(9-10-22)8-7-20-17(19)23)15-11-3-1-2-4-14(11)24-16(12)15/h1-6,22H,7-10,18H2,(H3,19,20,23). The van der Waals surface area contributed by atoms with Crippen LogP contribution in [0.4, 0.5) is 16.2 Å². The molecule has 7 heteroatoms. The van der Waals surface area contributed by atoms with Crippen molar-refractivity contribution in [2.75, 3.05) is 36.9 Å². The van der Waals surface area contributed by atoms with Gasteiger partial charge in [0.25, 0.3) is 0 Å². The van der Waals surface area contributed by atoms with E-state index < -0.39 is 6.03 Å². The number of nitrogen functional groups attached to an aromatic ring is 1. The summed E-state index contributed by atoms with van der Waals surface area (Å²) >= 11 is 0. The fourth-order valence-electron chi connectivity index (χ4n) is 2.88. The number of amides is 2. The number of benzene rings is 2. The average Bonchev–Trinajstić information content (AvgIpc) is 2.95. The number of nitrogens with zero attached hydrogens (tertiary/aromatic N) is 1. The highest BCUT2D eigenvalue weighted by atomic mass is 16.3. The SMILES string of the molecule is NC(=O)NCCN(CCO)c1ccc(N)c2oc3ccccc3c12. The van der Waals surface area contributed by atoms with E-state index in [0.29, 0.717) is 30.9 Å². The lowest BCUT2D eigenvalue weighted by atomic mass is 10.1. The van der Waals surface area contributed by atoms with Crippen molar-refractivity contribution >= 4 is 39.3 Å². The molecule has 3 aromatic rings. The van der Waals surface area contributed by atoms with Gasteiger partial charge in [-0.1, -0.05) is 18.2 Å². The highest BCUT2D eigenvalue weighted by molar-refractivity contribution is 6.14. The number of hydrogen-bond acceptors (Lipinski definition) is 5. The van der Waals surface area contributed by atoms with Crippen molar-refractivity contribution in [3.05, 3.63) is 36.4 Å². The molecule has 126 valence electrons. The Hall–Kier alpha value is -2.93. The molecule has 6 N–H and O–H groups in total. The van der Waals surface area contributed by atoms with Crippen LogP contribution >= 0.6 is 0 Å². The van der Waals surface area contributed by atoms with E-state index in [2.05, 4.69) is 5.32 Å². The van der Waals surface area contributed by atoms with Crippen LogP contribution < -0.4 is 21.7 Å². The van der Waals surface area contributed by atoms with E-state index >= 15 is 0 Å². The number of anilines is 2. The Bertz CT molecular complexity index is 875. The number of urea groups is 1. The van der Waals surface area contributed by atoms with Crippen LogP contribution in [0.3, 0.4) is 0 Å². The van der Waals surface area contributed by atoms with Crippen LogP contribution in [0.1, 0.15) is 0 Å². The van der Waals surface area contributed by atoms with E-state index in [1.807, 2.05) is 35.2 Å². The van der Waals surface area contributed by atoms with Crippen LogP contribution in [-0.2, 0) is 0 Å². The molecular formula is C17H20N4O3. The third-order valence-corrected chi connectivity index (χ3v) is 3.93. The average molecular weight is 328 g/mol. The van der Waals surface area contributed by atoms with Gasteiger partial charge >= 0.3 is 6.03 Å². The van der Waals surface area contributed by atoms with Gasteiger partial charge in [-0.15, -0.1) is 0 Å². The molecule has 0 atom stereocenters. The first-order valence-corrected chi connectivity index (χ1v) is 7.70. The predicted molar refractivity (Wildman–Crippen MR) is 95.0 cm³/mol. The molecule has 0 bridgehead atoms. The molecule has 0 fully saturated rings. The van der Waals surface area contributed by atoms with E-state index in [4.69, 9.17) is 15.9 Å². The highest BCUT2D eigenvalue weighted by Crippen LogP contribution is 2.38. The van der Waals surface area contributed by atoms with Crippen molar-refractivity contribution in [3.63, 3.8) is 0 Å². The quantitative estimate of drug-likeness (QED) is 0.513. The topological polar surface area (TPSA) is 118 Å². The molecule has 0 saturated heterocycles. The lowest BCUT2D eigenvalue weighted by Gasteiger charge is -2.25. The Kier molecular flexibility index (Phi) is 4.43. The van der Waals surface area contributed by atoms with E-state index in [-0.39, 0.29) is 6.61 Å². The molecule has 0 aliphatic heterocycles. The lowest BCUT2D eigenvalue weighted by Crippen LogP contribution is -2.38. The van der Waals surface area contributed by atoms with Crippen molar-refractivity contribution in [1.29, 1.82) is 0 Å². The molecule has 0 spiro atoms. The van der Waals surface area contributed by atoms with Gasteiger partial charge in [0.05, 0.1) is 17.7 Å². The zero-order valence-corrected chi connectivity index (χ0v) is 13.2. The van der Waals surface area contributed by atoms with Crippen LogP contribution in [0.2, 0.25) is 0 Å². The first-order chi connectivity index (χ1) is 11.6. The molecule has 0 aliphatic carbocycles. The number of aliphatic hydroxyl groups is 1. The number of primary amides is 1. The summed E-state index contributed by atoms with van der Waals surface area (Å²) in [5.74, 6) is 0. The summed E-state index contributed by atoms with van der Waals surface area (Å²) in [5.41, 5.74) is 14.0. The zero-order chi connectivity index (χ0) is 17.1. The van der Waals surface area contributed by atoms with Gasteiger partial charge in [0.2, 0.25) is 0 Å². The van der Waals surface area contributed by atoms with Gasteiger partial charge in [0, 0.05) is 30.7 Å². The van der Waals surface area contributed by atoms with Gasteiger partial charge in [-0.05, 0) is 18.2 Å². The number of furan rings is 1. The fourth-order valence-corrected chi connectivity index (χ4v) is 2.88. The number of carbonyl (C=O) groups excluding carboxylic acids is 1. The Balaban J connectivity index is 2.08. The van der Waals surface area contributed by atoms with Gasteiger partial charge in [0.1, 0.15) is 5.58 Å².